The lowest BCUT2D eigenvalue weighted by atomic mass is 9.84. The summed E-state index contributed by atoms with van der Waals surface area (Å²) >= 11 is 5.93. The number of carbonyl (C=O) groups excluding carboxylic acids is 1. The Labute approximate surface area is 130 Å². The molecule has 116 valence electrons. The number of carbonyl (C=O) groups is 1. The lowest BCUT2D eigenvalue weighted by Gasteiger charge is -2.25. The Morgan fingerprint density at radius 2 is 2.00 bits per heavy atom. The first-order chi connectivity index (χ1) is 9.71. The van der Waals surface area contributed by atoms with Crippen LogP contribution < -0.4 is 10.0 Å². The van der Waals surface area contributed by atoms with Gasteiger partial charge in [-0.1, -0.05) is 37.6 Å². The molecule has 0 aromatic heterocycles. The van der Waals surface area contributed by atoms with Crippen molar-refractivity contribution in [3.05, 3.63) is 29.3 Å². The zero-order valence-electron chi connectivity index (χ0n) is 12.0. The van der Waals surface area contributed by atoms with Crippen molar-refractivity contribution in [3.63, 3.8) is 0 Å². The fraction of sp³-hybridized carbons (Fsp3) is 0.500. The van der Waals surface area contributed by atoms with Gasteiger partial charge in [-0.3, -0.25) is 4.79 Å². The van der Waals surface area contributed by atoms with Gasteiger partial charge in [0, 0.05) is 6.54 Å². The van der Waals surface area contributed by atoms with E-state index in [1.165, 1.54) is 12.1 Å². The summed E-state index contributed by atoms with van der Waals surface area (Å²) in [6.07, 6.45) is 1.26. The fourth-order valence-electron chi connectivity index (χ4n) is 2.40. The van der Waals surface area contributed by atoms with Gasteiger partial charge < -0.3 is 5.32 Å². The van der Waals surface area contributed by atoms with Gasteiger partial charge in [-0.2, -0.15) is 4.72 Å². The number of amides is 1. The van der Waals surface area contributed by atoms with Crippen LogP contribution in [-0.4, -0.2) is 26.9 Å². The molecule has 1 saturated heterocycles. The summed E-state index contributed by atoms with van der Waals surface area (Å²) in [7, 11) is -3.83. The monoisotopic (exact) mass is 330 g/mol. The van der Waals surface area contributed by atoms with E-state index in [0.717, 1.165) is 6.42 Å². The zero-order chi connectivity index (χ0) is 15.7. The van der Waals surface area contributed by atoms with Crippen LogP contribution >= 0.6 is 11.6 Å². The summed E-state index contributed by atoms with van der Waals surface area (Å²) in [5.74, 6) is -0.295. The summed E-state index contributed by atoms with van der Waals surface area (Å²) in [5.41, 5.74) is -0.118. The van der Waals surface area contributed by atoms with Crippen LogP contribution in [0.15, 0.2) is 29.2 Å². The first-order valence-electron chi connectivity index (χ1n) is 6.76. The molecule has 0 aliphatic carbocycles. The van der Waals surface area contributed by atoms with E-state index in [2.05, 4.69) is 10.0 Å². The summed E-state index contributed by atoms with van der Waals surface area (Å²) in [4.78, 5) is 12.0. The second kappa shape index (κ2) is 5.94. The molecule has 21 heavy (non-hydrogen) atoms. The quantitative estimate of drug-likeness (QED) is 0.889. The molecule has 7 heteroatoms. The molecule has 0 spiro atoms. The van der Waals surface area contributed by atoms with E-state index >= 15 is 0 Å². The van der Waals surface area contributed by atoms with Crippen LogP contribution in [0.1, 0.15) is 26.7 Å². The summed E-state index contributed by atoms with van der Waals surface area (Å²) in [5, 5.41) is 2.88. The van der Waals surface area contributed by atoms with E-state index in [0.29, 0.717) is 13.0 Å². The number of rotatable bonds is 3. The standard InChI is InChI=1S/C14H19ClN2O3S/c1-14(2)7-8-16-13(18)11(9-14)17-21(19,20)12-6-4-3-5-10(12)15/h3-6,11,17H,7-9H2,1-2H3,(H,16,18). The number of hydrogen-bond donors (Lipinski definition) is 2. The van der Waals surface area contributed by atoms with E-state index in [-0.39, 0.29) is 21.2 Å². The number of halogens is 1. The minimum atomic E-state index is -3.83. The minimum absolute atomic E-state index is 0.0125. The van der Waals surface area contributed by atoms with Gasteiger partial charge in [-0.05, 0) is 30.4 Å². The van der Waals surface area contributed by atoms with E-state index in [9.17, 15) is 13.2 Å². The van der Waals surface area contributed by atoms with Gasteiger partial charge in [-0.25, -0.2) is 8.42 Å². The lowest BCUT2D eigenvalue weighted by molar-refractivity contribution is -0.122. The van der Waals surface area contributed by atoms with Gasteiger partial charge in [0.05, 0.1) is 5.02 Å². The molecule has 1 heterocycles. The van der Waals surface area contributed by atoms with Crippen molar-refractivity contribution in [1.82, 2.24) is 10.0 Å². The van der Waals surface area contributed by atoms with Crippen molar-refractivity contribution in [1.29, 1.82) is 0 Å². The molecule has 1 amide bonds. The molecule has 0 radical (unpaired) electrons. The molecule has 2 N–H and O–H groups in total. The second-order valence-corrected chi connectivity index (χ2v) is 8.10. The number of hydrogen-bond acceptors (Lipinski definition) is 3. The van der Waals surface area contributed by atoms with Gasteiger partial charge in [-0.15, -0.1) is 0 Å². The van der Waals surface area contributed by atoms with Crippen molar-refractivity contribution < 1.29 is 13.2 Å². The third-order valence-electron chi connectivity index (χ3n) is 3.60. The van der Waals surface area contributed by atoms with Crippen LogP contribution in [0.2, 0.25) is 5.02 Å². The number of benzene rings is 1. The molecule has 0 bridgehead atoms. The first-order valence-corrected chi connectivity index (χ1v) is 8.62. The lowest BCUT2D eigenvalue weighted by Crippen LogP contribution is -2.46. The highest BCUT2D eigenvalue weighted by atomic mass is 35.5. The van der Waals surface area contributed by atoms with Gasteiger partial charge >= 0.3 is 0 Å². The Balaban J connectivity index is 2.27. The largest absolute Gasteiger partial charge is 0.355 e. The Morgan fingerprint density at radius 1 is 1.33 bits per heavy atom. The maximum absolute atomic E-state index is 12.4. The molecule has 5 nitrogen and oxygen atoms in total. The molecular formula is C14H19ClN2O3S. The van der Waals surface area contributed by atoms with Crippen LogP contribution in [0, 0.1) is 5.41 Å². The Morgan fingerprint density at radius 3 is 2.67 bits per heavy atom. The molecule has 2 rings (SSSR count). The molecule has 1 atom stereocenters. The Kier molecular flexibility index (Phi) is 4.60. The highest BCUT2D eigenvalue weighted by Gasteiger charge is 2.34. The fourth-order valence-corrected chi connectivity index (χ4v) is 4.12. The van der Waals surface area contributed by atoms with Crippen molar-refractivity contribution in [2.24, 2.45) is 5.41 Å². The van der Waals surface area contributed by atoms with E-state index < -0.39 is 16.1 Å². The average molecular weight is 331 g/mol. The van der Waals surface area contributed by atoms with Crippen molar-refractivity contribution >= 4 is 27.5 Å². The van der Waals surface area contributed by atoms with Crippen molar-refractivity contribution in [2.75, 3.05) is 6.54 Å². The van der Waals surface area contributed by atoms with E-state index in [1.54, 1.807) is 12.1 Å². The molecule has 1 aliphatic rings. The highest BCUT2D eigenvalue weighted by molar-refractivity contribution is 7.89. The van der Waals surface area contributed by atoms with Gasteiger partial charge in [0.2, 0.25) is 15.9 Å². The predicted octanol–water partition coefficient (Wildman–Crippen LogP) is 1.92. The summed E-state index contributed by atoms with van der Waals surface area (Å²) in [6.45, 7) is 4.59. The molecule has 1 aromatic carbocycles. The molecule has 1 fully saturated rings. The first kappa shape index (κ1) is 16.3. The zero-order valence-corrected chi connectivity index (χ0v) is 13.6. The Hall–Kier alpha value is -1.11. The normalized spacial score (nSPS) is 22.4. The van der Waals surface area contributed by atoms with Gasteiger partial charge in [0.25, 0.3) is 0 Å². The second-order valence-electron chi connectivity index (χ2n) is 6.01. The third kappa shape index (κ3) is 3.96. The van der Waals surface area contributed by atoms with Crippen LogP contribution in [0.25, 0.3) is 0 Å². The van der Waals surface area contributed by atoms with E-state index in [1.807, 2.05) is 13.8 Å². The van der Waals surface area contributed by atoms with Gasteiger partial charge in [0.15, 0.2) is 0 Å². The highest BCUT2D eigenvalue weighted by Crippen LogP contribution is 2.29. The van der Waals surface area contributed by atoms with Crippen LogP contribution in [0.3, 0.4) is 0 Å². The maximum atomic E-state index is 12.4. The molecular weight excluding hydrogens is 312 g/mol. The minimum Gasteiger partial charge on any atom is -0.355 e. The van der Waals surface area contributed by atoms with Crippen LogP contribution in [0.5, 0.6) is 0 Å². The smallest absolute Gasteiger partial charge is 0.242 e. The molecule has 1 aliphatic heterocycles. The van der Waals surface area contributed by atoms with Crippen LogP contribution in [0.4, 0.5) is 0 Å². The molecule has 0 saturated carbocycles. The number of nitrogens with one attached hydrogen (secondary N) is 2. The molecule has 1 aromatic rings. The average Bonchev–Trinajstić information content (AvgIpc) is 2.48. The topological polar surface area (TPSA) is 75.3 Å². The summed E-state index contributed by atoms with van der Waals surface area (Å²) < 4.78 is 27.3. The Bertz CT molecular complexity index is 643. The van der Waals surface area contributed by atoms with Gasteiger partial charge in [0.1, 0.15) is 10.9 Å². The number of sulfonamides is 1. The summed E-state index contributed by atoms with van der Waals surface area (Å²) in [6, 6.07) is 5.39. The van der Waals surface area contributed by atoms with Crippen molar-refractivity contribution in [2.45, 2.75) is 37.6 Å². The predicted molar refractivity (Wildman–Crippen MR) is 81.6 cm³/mol. The SMILES string of the molecule is CC1(C)CCNC(=O)C(NS(=O)(=O)c2ccccc2Cl)C1. The maximum Gasteiger partial charge on any atom is 0.242 e. The molecule has 1 unspecified atom stereocenters. The van der Waals surface area contributed by atoms with Crippen molar-refractivity contribution in [3.8, 4) is 0 Å². The third-order valence-corrected chi connectivity index (χ3v) is 5.57. The van der Waals surface area contributed by atoms with Crippen LogP contribution in [-0.2, 0) is 14.8 Å². The van der Waals surface area contributed by atoms with E-state index in [4.69, 9.17) is 11.6 Å².